The average molecular weight is 627 g/mol. The molecule has 0 unspecified atom stereocenters. The zero-order valence-electron chi connectivity index (χ0n) is 27.5. The minimum absolute atomic E-state index is 0.0974. The number of rotatable bonds is 11. The fourth-order valence-corrected chi connectivity index (χ4v) is 4.93. The van der Waals surface area contributed by atoms with Crippen LogP contribution in [0.1, 0.15) is 87.9 Å². The van der Waals surface area contributed by atoms with E-state index in [2.05, 4.69) is 0 Å². The van der Waals surface area contributed by atoms with Gasteiger partial charge in [0.05, 0.1) is 5.60 Å². The molecule has 0 saturated carbocycles. The van der Waals surface area contributed by atoms with Gasteiger partial charge >= 0.3 is 0 Å². The Bertz CT molecular complexity index is 1860. The first-order valence-electron chi connectivity index (χ1n) is 15.4. The molecular formula is C41H38O6. The first-order chi connectivity index (χ1) is 22.3. The Kier molecular flexibility index (Phi) is 9.54. The second-order valence-corrected chi connectivity index (χ2v) is 12.7. The zero-order chi connectivity index (χ0) is 33.8. The second-order valence-electron chi connectivity index (χ2n) is 12.7. The van der Waals surface area contributed by atoms with Crippen LogP contribution in [-0.4, -0.2) is 30.1 Å². The summed E-state index contributed by atoms with van der Waals surface area (Å²) in [5.41, 5.74) is 3.36. The van der Waals surface area contributed by atoms with Crippen LogP contribution in [0.5, 0.6) is 17.2 Å². The van der Waals surface area contributed by atoms with E-state index < -0.39 is 5.60 Å². The molecule has 5 rings (SSSR count). The Morgan fingerprint density at radius 2 is 0.702 bits per heavy atom. The van der Waals surface area contributed by atoms with Crippen molar-refractivity contribution in [3.05, 3.63) is 160 Å². The van der Waals surface area contributed by atoms with Gasteiger partial charge in [0, 0.05) is 40.5 Å². The summed E-state index contributed by atoms with van der Waals surface area (Å²) in [4.78, 5) is 39.1. The molecule has 0 heterocycles. The van der Waals surface area contributed by atoms with Crippen molar-refractivity contribution in [1.82, 2.24) is 0 Å². The number of benzene rings is 5. The first-order valence-corrected chi connectivity index (χ1v) is 15.4. The number of hydrogen-bond donors (Lipinski definition) is 0. The third-order valence-corrected chi connectivity index (χ3v) is 7.77. The van der Waals surface area contributed by atoms with Gasteiger partial charge in [-0.05, 0) is 113 Å². The molecule has 0 bridgehead atoms. The molecule has 0 amide bonds. The summed E-state index contributed by atoms with van der Waals surface area (Å²) in [5.74, 6) is 1.44. The predicted molar refractivity (Wildman–Crippen MR) is 183 cm³/mol. The van der Waals surface area contributed by atoms with Crippen molar-refractivity contribution >= 4 is 17.3 Å². The van der Waals surface area contributed by atoms with Crippen LogP contribution in [0.2, 0.25) is 0 Å². The predicted octanol–water partition coefficient (Wildman–Crippen LogP) is 9.23. The highest BCUT2D eigenvalue weighted by Crippen LogP contribution is 2.26. The van der Waals surface area contributed by atoms with Crippen LogP contribution in [0, 0.1) is 0 Å². The SMILES string of the molecule is COC(C)(C)c1ccc(C(=O)c2ccc(C(=O)c3ccc(Oc4ccc(C(=O)c5ccc(OC(C)(C)C)cc5)cc4)cc3)cc2)cc1. The van der Waals surface area contributed by atoms with Crippen LogP contribution in [-0.2, 0) is 10.3 Å². The van der Waals surface area contributed by atoms with Crippen molar-refractivity contribution in [2.24, 2.45) is 0 Å². The molecule has 5 aromatic carbocycles. The van der Waals surface area contributed by atoms with Crippen LogP contribution < -0.4 is 9.47 Å². The van der Waals surface area contributed by atoms with Gasteiger partial charge in [0.2, 0.25) is 0 Å². The summed E-state index contributed by atoms with van der Waals surface area (Å²) >= 11 is 0. The molecule has 6 heteroatoms. The van der Waals surface area contributed by atoms with Gasteiger partial charge in [-0.3, -0.25) is 14.4 Å². The fraction of sp³-hybridized carbons (Fsp3) is 0.195. The van der Waals surface area contributed by atoms with Gasteiger partial charge in [-0.1, -0.05) is 48.5 Å². The zero-order valence-corrected chi connectivity index (χ0v) is 27.5. The van der Waals surface area contributed by atoms with Crippen LogP contribution in [0.3, 0.4) is 0 Å². The van der Waals surface area contributed by atoms with E-state index in [4.69, 9.17) is 14.2 Å². The van der Waals surface area contributed by atoms with Gasteiger partial charge in [-0.25, -0.2) is 0 Å². The van der Waals surface area contributed by atoms with E-state index in [0.717, 1.165) is 5.56 Å². The van der Waals surface area contributed by atoms with E-state index in [9.17, 15) is 14.4 Å². The van der Waals surface area contributed by atoms with Crippen LogP contribution >= 0.6 is 0 Å². The van der Waals surface area contributed by atoms with Gasteiger partial charge in [0.15, 0.2) is 17.3 Å². The van der Waals surface area contributed by atoms with Crippen LogP contribution in [0.25, 0.3) is 0 Å². The molecule has 47 heavy (non-hydrogen) atoms. The number of methoxy groups -OCH3 is 1. The molecular weight excluding hydrogens is 588 g/mol. The van der Waals surface area contributed by atoms with E-state index in [0.29, 0.717) is 50.6 Å². The lowest BCUT2D eigenvalue weighted by atomic mass is 9.94. The molecule has 0 aliphatic heterocycles. The maximum atomic E-state index is 13.1. The molecule has 0 aliphatic carbocycles. The van der Waals surface area contributed by atoms with E-state index in [1.165, 1.54) is 0 Å². The quantitative estimate of drug-likeness (QED) is 0.136. The fourth-order valence-electron chi connectivity index (χ4n) is 4.93. The molecule has 0 aliphatic rings. The molecule has 0 radical (unpaired) electrons. The Balaban J connectivity index is 1.18. The van der Waals surface area contributed by atoms with Crippen LogP contribution in [0.4, 0.5) is 0 Å². The van der Waals surface area contributed by atoms with Crippen molar-refractivity contribution in [2.45, 2.75) is 45.8 Å². The van der Waals surface area contributed by atoms with E-state index in [-0.39, 0.29) is 23.0 Å². The van der Waals surface area contributed by atoms with Crippen LogP contribution in [0.15, 0.2) is 121 Å². The molecule has 0 atom stereocenters. The third kappa shape index (κ3) is 8.10. The Morgan fingerprint density at radius 1 is 0.426 bits per heavy atom. The standard InChI is InChI=1S/C41H38O6/c1-40(2,3)47-36-25-17-32(18-26-36)39(44)31-15-23-35(24-16-31)46-34-21-13-30(14-22-34)38(43)28-9-7-27(8-10-28)37(42)29-11-19-33(20-12-29)41(4,5)45-6/h7-26H,1-6H3. The number of hydrogen-bond acceptors (Lipinski definition) is 6. The number of ether oxygens (including phenoxy) is 3. The molecule has 0 N–H and O–H groups in total. The number of carbonyl (C=O) groups is 3. The molecule has 6 nitrogen and oxygen atoms in total. The number of ketones is 3. The minimum Gasteiger partial charge on any atom is -0.488 e. The van der Waals surface area contributed by atoms with Gasteiger partial charge in [0.1, 0.15) is 22.8 Å². The summed E-state index contributed by atoms with van der Waals surface area (Å²) in [6.45, 7) is 9.86. The Morgan fingerprint density at radius 3 is 1.00 bits per heavy atom. The molecule has 5 aromatic rings. The summed E-state index contributed by atoms with van der Waals surface area (Å²) < 4.78 is 17.3. The molecule has 0 aromatic heterocycles. The monoisotopic (exact) mass is 626 g/mol. The maximum absolute atomic E-state index is 13.1. The largest absolute Gasteiger partial charge is 0.488 e. The number of carbonyl (C=O) groups excluding carboxylic acids is 3. The smallest absolute Gasteiger partial charge is 0.193 e. The van der Waals surface area contributed by atoms with E-state index in [1.807, 2.05) is 46.8 Å². The lowest BCUT2D eigenvalue weighted by Gasteiger charge is -2.23. The highest BCUT2D eigenvalue weighted by Gasteiger charge is 2.20. The van der Waals surface area contributed by atoms with Gasteiger partial charge in [0.25, 0.3) is 0 Å². The minimum atomic E-state index is -0.446. The van der Waals surface area contributed by atoms with Crippen molar-refractivity contribution in [3.8, 4) is 17.2 Å². The highest BCUT2D eigenvalue weighted by molar-refractivity contribution is 6.12. The van der Waals surface area contributed by atoms with Crippen molar-refractivity contribution in [3.63, 3.8) is 0 Å². The highest BCUT2D eigenvalue weighted by atomic mass is 16.5. The van der Waals surface area contributed by atoms with E-state index >= 15 is 0 Å². The molecule has 0 fully saturated rings. The van der Waals surface area contributed by atoms with Crippen molar-refractivity contribution in [2.75, 3.05) is 7.11 Å². The average Bonchev–Trinajstić information content (AvgIpc) is 3.08. The van der Waals surface area contributed by atoms with Gasteiger partial charge < -0.3 is 14.2 Å². The molecule has 238 valence electrons. The lowest BCUT2D eigenvalue weighted by molar-refractivity contribution is 0.0192. The normalized spacial score (nSPS) is 11.5. The van der Waals surface area contributed by atoms with Gasteiger partial charge in [-0.2, -0.15) is 0 Å². The second kappa shape index (κ2) is 13.6. The summed E-state index contributed by atoms with van der Waals surface area (Å²) in [5, 5.41) is 0. The van der Waals surface area contributed by atoms with Crippen molar-refractivity contribution in [1.29, 1.82) is 0 Å². The molecule has 0 spiro atoms. The summed E-state index contributed by atoms with van der Waals surface area (Å²) in [6.07, 6.45) is 0. The lowest BCUT2D eigenvalue weighted by Crippen LogP contribution is -2.22. The van der Waals surface area contributed by atoms with E-state index in [1.54, 1.807) is 116 Å². The van der Waals surface area contributed by atoms with Crippen molar-refractivity contribution < 1.29 is 28.6 Å². The summed E-state index contributed by atoms with van der Waals surface area (Å²) in [7, 11) is 1.65. The molecule has 0 saturated heterocycles. The summed E-state index contributed by atoms with van der Waals surface area (Å²) in [6, 6.07) is 34.9. The van der Waals surface area contributed by atoms with Gasteiger partial charge in [-0.15, -0.1) is 0 Å². The maximum Gasteiger partial charge on any atom is 0.193 e. The Labute approximate surface area is 275 Å². The Hall–Kier alpha value is -5.33. The third-order valence-electron chi connectivity index (χ3n) is 7.77. The first kappa shape index (κ1) is 33.0. The topological polar surface area (TPSA) is 78.9 Å².